The summed E-state index contributed by atoms with van der Waals surface area (Å²) in [7, 11) is 1.62. The van der Waals surface area contributed by atoms with Gasteiger partial charge in [-0.1, -0.05) is 44.2 Å². The molecule has 0 radical (unpaired) electrons. The minimum atomic E-state index is -0.408. The van der Waals surface area contributed by atoms with Gasteiger partial charge in [0.1, 0.15) is 5.92 Å². The zero-order valence-corrected chi connectivity index (χ0v) is 14.0. The fraction of sp³-hybridized carbons (Fsp3) is 0.368. The van der Waals surface area contributed by atoms with Gasteiger partial charge in [0, 0.05) is 19.9 Å². The number of carbonyl (C=O) groups is 1. The molecular formula is C19H24N2O2. The summed E-state index contributed by atoms with van der Waals surface area (Å²) < 4.78 is 5.00. The molecule has 0 fully saturated rings. The number of methoxy groups -OCH3 is 1. The van der Waals surface area contributed by atoms with Crippen molar-refractivity contribution in [1.29, 1.82) is 0 Å². The fourth-order valence-electron chi connectivity index (χ4n) is 2.45. The van der Waals surface area contributed by atoms with Gasteiger partial charge in [-0.2, -0.15) is 0 Å². The molecular weight excluding hydrogens is 288 g/mol. The highest BCUT2D eigenvalue weighted by Gasteiger charge is 2.23. The number of carbonyl (C=O) groups excluding carboxylic acids is 1. The van der Waals surface area contributed by atoms with Gasteiger partial charge in [0.05, 0.1) is 12.3 Å². The number of benzene rings is 1. The van der Waals surface area contributed by atoms with Crippen LogP contribution in [0.15, 0.2) is 48.7 Å². The Labute approximate surface area is 137 Å². The number of aromatic nitrogens is 1. The molecule has 1 aromatic heterocycles. The molecule has 0 saturated heterocycles. The zero-order valence-electron chi connectivity index (χ0n) is 14.0. The molecule has 4 nitrogen and oxygen atoms in total. The average molecular weight is 312 g/mol. The molecule has 0 bridgehead atoms. The predicted octanol–water partition coefficient (Wildman–Crippen LogP) is 3.10. The molecule has 1 N–H and O–H groups in total. The SMILES string of the molecule is COCCNC(=O)C(c1ccc(C(C)C)cc1)c1ccccn1. The molecule has 122 valence electrons. The quantitative estimate of drug-likeness (QED) is 0.799. The molecule has 0 saturated carbocycles. The Bertz CT molecular complexity index is 609. The maximum atomic E-state index is 12.6. The van der Waals surface area contributed by atoms with Crippen molar-refractivity contribution in [2.45, 2.75) is 25.7 Å². The van der Waals surface area contributed by atoms with Crippen molar-refractivity contribution in [3.8, 4) is 0 Å². The van der Waals surface area contributed by atoms with Gasteiger partial charge in [0.15, 0.2) is 0 Å². The molecule has 4 heteroatoms. The standard InChI is InChI=1S/C19H24N2O2/c1-14(2)15-7-9-16(10-8-15)18(17-6-4-5-11-20-17)19(22)21-12-13-23-3/h4-11,14,18H,12-13H2,1-3H3,(H,21,22). The Kier molecular flexibility index (Phi) is 6.29. The minimum Gasteiger partial charge on any atom is -0.383 e. The van der Waals surface area contributed by atoms with Crippen LogP contribution in [-0.2, 0) is 9.53 Å². The lowest BCUT2D eigenvalue weighted by atomic mass is 9.92. The van der Waals surface area contributed by atoms with Gasteiger partial charge in [0.25, 0.3) is 0 Å². The highest BCUT2D eigenvalue weighted by atomic mass is 16.5. The van der Waals surface area contributed by atoms with E-state index in [0.29, 0.717) is 19.1 Å². The van der Waals surface area contributed by atoms with E-state index >= 15 is 0 Å². The molecule has 0 aliphatic rings. The van der Waals surface area contributed by atoms with Crippen LogP contribution in [0.2, 0.25) is 0 Å². The van der Waals surface area contributed by atoms with Crippen LogP contribution in [0.4, 0.5) is 0 Å². The van der Waals surface area contributed by atoms with Crippen molar-refractivity contribution < 1.29 is 9.53 Å². The summed E-state index contributed by atoms with van der Waals surface area (Å²) in [5.41, 5.74) is 2.95. The van der Waals surface area contributed by atoms with Crippen molar-refractivity contribution in [1.82, 2.24) is 10.3 Å². The van der Waals surface area contributed by atoms with Crippen LogP contribution in [-0.4, -0.2) is 31.2 Å². The van der Waals surface area contributed by atoms with Crippen molar-refractivity contribution in [2.75, 3.05) is 20.3 Å². The lowest BCUT2D eigenvalue weighted by Crippen LogP contribution is -2.32. The van der Waals surface area contributed by atoms with Gasteiger partial charge < -0.3 is 10.1 Å². The van der Waals surface area contributed by atoms with Crippen molar-refractivity contribution in [3.05, 3.63) is 65.5 Å². The van der Waals surface area contributed by atoms with Crippen molar-refractivity contribution >= 4 is 5.91 Å². The van der Waals surface area contributed by atoms with Crippen LogP contribution >= 0.6 is 0 Å². The van der Waals surface area contributed by atoms with E-state index in [4.69, 9.17) is 4.74 Å². The molecule has 2 aromatic rings. The molecule has 1 atom stereocenters. The summed E-state index contributed by atoms with van der Waals surface area (Å²) in [6.07, 6.45) is 1.72. The van der Waals surface area contributed by atoms with Gasteiger partial charge >= 0.3 is 0 Å². The second kappa shape index (κ2) is 8.44. The van der Waals surface area contributed by atoms with Crippen molar-refractivity contribution in [3.63, 3.8) is 0 Å². The number of hydrogen-bond acceptors (Lipinski definition) is 3. The lowest BCUT2D eigenvalue weighted by Gasteiger charge is -2.17. The molecule has 0 spiro atoms. The van der Waals surface area contributed by atoms with E-state index in [0.717, 1.165) is 11.3 Å². The van der Waals surface area contributed by atoms with Crippen LogP contribution in [0.3, 0.4) is 0 Å². The number of nitrogens with zero attached hydrogens (tertiary/aromatic N) is 1. The van der Waals surface area contributed by atoms with Gasteiger partial charge in [-0.3, -0.25) is 9.78 Å². The van der Waals surface area contributed by atoms with E-state index in [2.05, 4.69) is 36.3 Å². The highest BCUT2D eigenvalue weighted by molar-refractivity contribution is 5.86. The van der Waals surface area contributed by atoms with Crippen LogP contribution in [0.5, 0.6) is 0 Å². The monoisotopic (exact) mass is 312 g/mol. The Morgan fingerprint density at radius 2 is 1.83 bits per heavy atom. The number of hydrogen-bond donors (Lipinski definition) is 1. The second-order valence-electron chi connectivity index (χ2n) is 5.79. The largest absolute Gasteiger partial charge is 0.383 e. The van der Waals surface area contributed by atoms with Crippen LogP contribution in [0.1, 0.15) is 42.5 Å². The summed E-state index contributed by atoms with van der Waals surface area (Å²) in [6, 6.07) is 13.8. The van der Waals surface area contributed by atoms with E-state index in [9.17, 15) is 4.79 Å². The molecule has 1 heterocycles. The predicted molar refractivity (Wildman–Crippen MR) is 91.5 cm³/mol. The molecule has 0 aliphatic heterocycles. The Balaban J connectivity index is 2.28. The Morgan fingerprint density at radius 3 is 2.39 bits per heavy atom. The summed E-state index contributed by atoms with van der Waals surface area (Å²) in [5, 5.41) is 2.91. The minimum absolute atomic E-state index is 0.0574. The lowest BCUT2D eigenvalue weighted by molar-refractivity contribution is -0.121. The maximum Gasteiger partial charge on any atom is 0.233 e. The van der Waals surface area contributed by atoms with E-state index < -0.39 is 5.92 Å². The number of rotatable bonds is 7. The number of nitrogens with one attached hydrogen (secondary N) is 1. The Hall–Kier alpha value is -2.20. The zero-order chi connectivity index (χ0) is 16.7. The first-order valence-electron chi connectivity index (χ1n) is 7.91. The highest BCUT2D eigenvalue weighted by Crippen LogP contribution is 2.25. The number of pyridine rings is 1. The van der Waals surface area contributed by atoms with Crippen LogP contribution in [0, 0.1) is 0 Å². The third-order valence-corrected chi connectivity index (χ3v) is 3.79. The summed E-state index contributed by atoms with van der Waals surface area (Å²) in [6.45, 7) is 5.29. The summed E-state index contributed by atoms with van der Waals surface area (Å²) in [5.74, 6) is 0.000181. The van der Waals surface area contributed by atoms with E-state index in [1.165, 1.54) is 5.56 Å². The van der Waals surface area contributed by atoms with Crippen LogP contribution < -0.4 is 5.32 Å². The molecule has 1 unspecified atom stereocenters. The Morgan fingerprint density at radius 1 is 1.13 bits per heavy atom. The molecule has 2 rings (SSSR count). The average Bonchev–Trinajstić information content (AvgIpc) is 2.57. The topological polar surface area (TPSA) is 51.2 Å². The first-order chi connectivity index (χ1) is 11.1. The van der Waals surface area contributed by atoms with Gasteiger partial charge in [-0.25, -0.2) is 0 Å². The second-order valence-corrected chi connectivity index (χ2v) is 5.79. The summed E-state index contributed by atoms with van der Waals surface area (Å²) >= 11 is 0. The maximum absolute atomic E-state index is 12.6. The fourth-order valence-corrected chi connectivity index (χ4v) is 2.45. The molecule has 23 heavy (non-hydrogen) atoms. The normalized spacial score (nSPS) is 12.2. The van der Waals surface area contributed by atoms with Crippen molar-refractivity contribution in [2.24, 2.45) is 0 Å². The van der Waals surface area contributed by atoms with Gasteiger partial charge in [-0.15, -0.1) is 0 Å². The number of amides is 1. The van der Waals surface area contributed by atoms with Gasteiger partial charge in [-0.05, 0) is 29.2 Å². The third-order valence-electron chi connectivity index (χ3n) is 3.79. The van der Waals surface area contributed by atoms with E-state index in [-0.39, 0.29) is 5.91 Å². The molecule has 0 aliphatic carbocycles. The molecule has 1 amide bonds. The van der Waals surface area contributed by atoms with Gasteiger partial charge in [0.2, 0.25) is 5.91 Å². The summed E-state index contributed by atoms with van der Waals surface area (Å²) in [4.78, 5) is 17.0. The first kappa shape index (κ1) is 17.2. The third kappa shape index (κ3) is 4.63. The van der Waals surface area contributed by atoms with E-state index in [1.807, 2.05) is 30.3 Å². The first-order valence-corrected chi connectivity index (χ1v) is 7.91. The molecule has 1 aromatic carbocycles. The van der Waals surface area contributed by atoms with Crippen LogP contribution in [0.25, 0.3) is 0 Å². The van der Waals surface area contributed by atoms with E-state index in [1.54, 1.807) is 13.3 Å². The number of ether oxygens (including phenoxy) is 1. The smallest absolute Gasteiger partial charge is 0.233 e.